The van der Waals surface area contributed by atoms with Gasteiger partial charge in [-0.2, -0.15) is 4.37 Å². The Morgan fingerprint density at radius 2 is 1.78 bits per heavy atom. The van der Waals surface area contributed by atoms with E-state index in [0.29, 0.717) is 53.4 Å². The number of carbonyl (C=O) groups is 1. The molecule has 0 radical (unpaired) electrons. The third-order valence-corrected chi connectivity index (χ3v) is 7.21. The lowest BCUT2D eigenvalue weighted by atomic mass is 9.98. The van der Waals surface area contributed by atoms with Crippen molar-refractivity contribution in [3.63, 3.8) is 0 Å². The predicted octanol–water partition coefficient (Wildman–Crippen LogP) is 1.82. The van der Waals surface area contributed by atoms with Crippen LogP contribution in [0, 0.1) is 19.8 Å². The molecule has 0 aliphatic rings. The van der Waals surface area contributed by atoms with Gasteiger partial charge in [0.2, 0.25) is 0 Å². The number of hydrogen-bond acceptors (Lipinski definition) is 6. The molecule has 1 atom stereocenters. The van der Waals surface area contributed by atoms with Crippen molar-refractivity contribution < 1.29 is 18.6 Å². The van der Waals surface area contributed by atoms with E-state index in [9.17, 15) is 9.59 Å². The second-order valence-electron chi connectivity index (χ2n) is 9.49. The van der Waals surface area contributed by atoms with Gasteiger partial charge in [0.1, 0.15) is 5.82 Å². The predicted molar refractivity (Wildman–Crippen MR) is 147 cm³/mol. The van der Waals surface area contributed by atoms with E-state index in [4.69, 9.17) is 10.7 Å². The molecular formula is C28H34ClN5O2S. The number of aromatic nitrogens is 3. The molecule has 0 saturated carbocycles. The fraction of sp³-hybridized carbons (Fsp3) is 0.357. The number of nitrogens with two attached hydrogens (primary N) is 1. The maximum atomic E-state index is 13.9. The number of hydrogen-bond donors (Lipinski definition) is 1. The molecule has 0 aliphatic heterocycles. The van der Waals surface area contributed by atoms with E-state index in [-0.39, 0.29) is 31.2 Å². The summed E-state index contributed by atoms with van der Waals surface area (Å²) in [5.41, 5.74) is 9.10. The molecular weight excluding hydrogens is 506 g/mol. The minimum atomic E-state index is -0.423. The topological polar surface area (TPSA) is 94.1 Å². The van der Waals surface area contributed by atoms with Gasteiger partial charge in [0.25, 0.3) is 11.5 Å². The molecule has 4 aromatic rings. The highest BCUT2D eigenvalue weighted by Crippen LogP contribution is 2.31. The second-order valence-corrected chi connectivity index (χ2v) is 10.2. The lowest BCUT2D eigenvalue weighted by molar-refractivity contribution is -0.0000184. The van der Waals surface area contributed by atoms with Crippen molar-refractivity contribution in [1.29, 1.82) is 0 Å². The number of amides is 1. The van der Waals surface area contributed by atoms with Crippen molar-refractivity contribution in [3.05, 3.63) is 93.2 Å². The van der Waals surface area contributed by atoms with Crippen LogP contribution in [0.15, 0.2) is 59.4 Å². The molecule has 2 aromatic carbocycles. The number of benzene rings is 2. The molecule has 1 amide bonds. The van der Waals surface area contributed by atoms with Gasteiger partial charge < -0.3 is 23.0 Å². The van der Waals surface area contributed by atoms with Gasteiger partial charge >= 0.3 is 1.43 Å². The molecule has 37 heavy (non-hydrogen) atoms. The molecule has 0 aliphatic carbocycles. The molecule has 9 heteroatoms. The molecule has 0 spiro atoms. The Balaban J connectivity index is 0.00000253. The van der Waals surface area contributed by atoms with E-state index in [2.05, 4.69) is 18.2 Å². The van der Waals surface area contributed by atoms with Gasteiger partial charge in [0, 0.05) is 12.1 Å². The Kier molecular flexibility index (Phi) is 9.59. The summed E-state index contributed by atoms with van der Waals surface area (Å²) >= 11 is 1.22. The highest BCUT2D eigenvalue weighted by atomic mass is 35.5. The summed E-state index contributed by atoms with van der Waals surface area (Å²) < 4.78 is 6.13. The number of nitrogens with zero attached hydrogens (tertiary/aromatic N) is 4. The van der Waals surface area contributed by atoms with Gasteiger partial charge in [0.15, 0.2) is 4.83 Å². The van der Waals surface area contributed by atoms with Crippen LogP contribution in [0.3, 0.4) is 0 Å². The van der Waals surface area contributed by atoms with Crippen LogP contribution in [-0.2, 0) is 6.54 Å². The summed E-state index contributed by atoms with van der Waals surface area (Å²) in [6.45, 7) is 9.23. The third-order valence-electron chi connectivity index (χ3n) is 6.37. The van der Waals surface area contributed by atoms with Gasteiger partial charge in [-0.05, 0) is 62.0 Å². The van der Waals surface area contributed by atoms with Crippen molar-refractivity contribution in [3.8, 4) is 0 Å². The van der Waals surface area contributed by atoms with Crippen molar-refractivity contribution in [2.24, 2.45) is 11.7 Å². The number of carbonyl (C=O) groups excluding carboxylic acids is 1. The maximum Gasteiger partial charge on any atom is 1.00 e. The highest BCUT2D eigenvalue weighted by molar-refractivity contribution is 7.12. The van der Waals surface area contributed by atoms with Gasteiger partial charge in [0.05, 0.1) is 23.7 Å². The first kappa shape index (κ1) is 28.5. The Labute approximate surface area is 229 Å². The zero-order chi connectivity index (χ0) is 25.8. The van der Waals surface area contributed by atoms with Crippen LogP contribution in [-0.4, -0.2) is 37.8 Å². The standard InChI is InChI=1S/C28H33N5O2S.ClH/c1-18(2)24(32(16-8-15-29)27(34)22-13-11-19(3)12-14-22)25-30-26-23(20(4)31-36-26)28(35)33(25)17-21-9-6-5-7-10-21;/h5-7,9-14,18,24H,8,15-17,29H2,1-4H3;1H. The van der Waals surface area contributed by atoms with Crippen LogP contribution in [0.4, 0.5) is 0 Å². The van der Waals surface area contributed by atoms with E-state index in [1.807, 2.05) is 73.3 Å². The lowest BCUT2D eigenvalue weighted by Crippen LogP contribution is -3.00. The van der Waals surface area contributed by atoms with E-state index >= 15 is 0 Å². The Morgan fingerprint density at radius 3 is 2.41 bits per heavy atom. The lowest BCUT2D eigenvalue weighted by Gasteiger charge is -2.35. The summed E-state index contributed by atoms with van der Waals surface area (Å²) in [5.74, 6) is 0.480. The molecule has 0 bridgehead atoms. The smallest absolute Gasteiger partial charge is 1.00 e. The Bertz CT molecular complexity index is 1410. The molecule has 2 heterocycles. The fourth-order valence-corrected chi connectivity index (χ4v) is 5.29. The number of aryl methyl sites for hydroxylation is 2. The molecule has 4 rings (SSSR count). The summed E-state index contributed by atoms with van der Waals surface area (Å²) in [7, 11) is 0. The van der Waals surface area contributed by atoms with Crippen LogP contribution in [0.25, 0.3) is 10.2 Å². The van der Waals surface area contributed by atoms with Crippen molar-refractivity contribution >= 4 is 27.7 Å². The highest BCUT2D eigenvalue weighted by Gasteiger charge is 2.33. The number of fused-ring (bicyclic) bond motifs is 1. The van der Waals surface area contributed by atoms with E-state index in [0.717, 1.165) is 11.1 Å². The van der Waals surface area contributed by atoms with Crippen molar-refractivity contribution in [1.82, 2.24) is 18.8 Å². The first-order valence-electron chi connectivity index (χ1n) is 12.3. The average Bonchev–Trinajstić information content (AvgIpc) is 3.24. The van der Waals surface area contributed by atoms with Crippen molar-refractivity contribution in [2.75, 3.05) is 13.1 Å². The first-order valence-corrected chi connectivity index (χ1v) is 13.1. The largest absolute Gasteiger partial charge is 1.00 e. The summed E-state index contributed by atoms with van der Waals surface area (Å²) in [5, 5.41) is 0.542. The molecule has 0 fully saturated rings. The minimum Gasteiger partial charge on any atom is -1.00 e. The van der Waals surface area contributed by atoms with Crippen LogP contribution >= 0.6 is 11.5 Å². The quantitative estimate of drug-likeness (QED) is 0.350. The van der Waals surface area contributed by atoms with Gasteiger partial charge in [-0.25, -0.2) is 4.98 Å². The van der Waals surface area contributed by atoms with Crippen LogP contribution in [0.5, 0.6) is 0 Å². The molecule has 1 unspecified atom stereocenters. The Hall–Kier alpha value is -3.07. The average molecular weight is 540 g/mol. The zero-order valence-electron chi connectivity index (χ0n) is 22.6. The van der Waals surface area contributed by atoms with Gasteiger partial charge in [-0.3, -0.25) is 14.2 Å². The van der Waals surface area contributed by atoms with Crippen LogP contribution < -0.4 is 23.7 Å². The normalized spacial score (nSPS) is 11.9. The number of rotatable bonds is 9. The minimum absolute atomic E-state index is 0. The maximum absolute atomic E-state index is 13.9. The van der Waals surface area contributed by atoms with E-state index < -0.39 is 6.04 Å². The Morgan fingerprint density at radius 1 is 1.11 bits per heavy atom. The second kappa shape index (κ2) is 12.4. The fourth-order valence-electron chi connectivity index (χ4n) is 4.52. The zero-order valence-corrected chi connectivity index (χ0v) is 23.2. The molecule has 2 aromatic heterocycles. The summed E-state index contributed by atoms with van der Waals surface area (Å²) in [4.78, 5) is 35.1. The van der Waals surface area contributed by atoms with Crippen LogP contribution in [0.1, 0.15) is 60.7 Å². The number of halogens is 1. The molecule has 2 N–H and O–H groups in total. The van der Waals surface area contributed by atoms with Gasteiger partial charge in [-0.1, -0.05) is 61.9 Å². The summed E-state index contributed by atoms with van der Waals surface area (Å²) in [6.07, 6.45) is 0.644. The molecule has 7 nitrogen and oxygen atoms in total. The third kappa shape index (κ3) is 6.09. The monoisotopic (exact) mass is 539 g/mol. The van der Waals surface area contributed by atoms with E-state index in [1.54, 1.807) is 4.57 Å². The van der Waals surface area contributed by atoms with Crippen LogP contribution in [0.2, 0.25) is 0 Å². The molecule has 0 saturated heterocycles. The van der Waals surface area contributed by atoms with E-state index in [1.165, 1.54) is 11.5 Å². The van der Waals surface area contributed by atoms with Crippen molar-refractivity contribution in [2.45, 2.75) is 46.7 Å². The SMILES string of the molecule is Cc1ccc(C(=O)N(CCCN)C(c2nc3snc(C)c3c(=O)n2Cc2ccccc2)C(C)C)cc1.[Cl-].[H+]. The first-order chi connectivity index (χ1) is 17.3. The van der Waals surface area contributed by atoms with Gasteiger partial charge in [-0.15, -0.1) is 0 Å². The molecule has 196 valence electrons. The summed E-state index contributed by atoms with van der Waals surface area (Å²) in [6, 6.07) is 17.0.